The first-order chi connectivity index (χ1) is 13.1. The second-order valence-corrected chi connectivity index (χ2v) is 8.10. The number of aryl methyl sites for hydroxylation is 2. The number of fused-ring (bicyclic) bond motifs is 1. The van der Waals surface area contributed by atoms with Crippen LogP contribution in [0.15, 0.2) is 53.9 Å². The lowest BCUT2D eigenvalue weighted by molar-refractivity contribution is -0.113. The monoisotopic (exact) mass is 395 g/mol. The highest BCUT2D eigenvalue weighted by Crippen LogP contribution is 2.31. The molecule has 27 heavy (non-hydrogen) atoms. The van der Waals surface area contributed by atoms with Gasteiger partial charge in [0, 0.05) is 18.3 Å². The van der Waals surface area contributed by atoms with Crippen molar-refractivity contribution >= 4 is 44.9 Å². The number of aromatic nitrogens is 4. The lowest BCUT2D eigenvalue weighted by Crippen LogP contribution is -2.14. The van der Waals surface area contributed by atoms with Crippen molar-refractivity contribution in [3.8, 4) is 10.6 Å². The van der Waals surface area contributed by atoms with Crippen LogP contribution in [0.3, 0.4) is 0 Å². The molecule has 2 aromatic carbocycles. The zero-order chi connectivity index (χ0) is 18.8. The smallest absolute Gasteiger partial charge is 0.234 e. The molecular formula is C19H17N5OS2. The van der Waals surface area contributed by atoms with Crippen molar-refractivity contribution in [1.29, 1.82) is 0 Å². The summed E-state index contributed by atoms with van der Waals surface area (Å²) in [7, 11) is 1.85. The van der Waals surface area contributed by atoms with Gasteiger partial charge in [-0.3, -0.25) is 4.79 Å². The van der Waals surface area contributed by atoms with Gasteiger partial charge in [-0.15, -0.1) is 21.5 Å². The summed E-state index contributed by atoms with van der Waals surface area (Å²) in [6.07, 6.45) is 1.61. The summed E-state index contributed by atoms with van der Waals surface area (Å²) in [6, 6.07) is 14.0. The van der Waals surface area contributed by atoms with E-state index in [9.17, 15) is 4.79 Å². The Labute approximate surface area is 164 Å². The number of amides is 1. The molecule has 2 heterocycles. The van der Waals surface area contributed by atoms with Crippen LogP contribution in [0, 0.1) is 6.92 Å². The molecule has 8 heteroatoms. The quantitative estimate of drug-likeness (QED) is 0.514. The fourth-order valence-electron chi connectivity index (χ4n) is 2.58. The van der Waals surface area contributed by atoms with Crippen molar-refractivity contribution in [2.45, 2.75) is 12.1 Å². The molecule has 0 fully saturated rings. The summed E-state index contributed by atoms with van der Waals surface area (Å²) in [5.41, 5.74) is 4.05. The summed E-state index contributed by atoms with van der Waals surface area (Å²) >= 11 is 3.03. The van der Waals surface area contributed by atoms with Crippen LogP contribution < -0.4 is 5.32 Å². The van der Waals surface area contributed by atoms with Crippen LogP contribution in [0.25, 0.3) is 20.8 Å². The van der Waals surface area contributed by atoms with Crippen molar-refractivity contribution in [3.05, 3.63) is 54.4 Å². The van der Waals surface area contributed by atoms with Crippen molar-refractivity contribution < 1.29 is 4.79 Å². The minimum absolute atomic E-state index is 0.0776. The minimum atomic E-state index is -0.0776. The Morgan fingerprint density at radius 3 is 2.78 bits per heavy atom. The zero-order valence-corrected chi connectivity index (χ0v) is 16.5. The number of nitrogens with zero attached hydrogens (tertiary/aromatic N) is 4. The number of anilines is 1. The predicted octanol–water partition coefficient (Wildman–Crippen LogP) is 4.13. The third-order valence-electron chi connectivity index (χ3n) is 3.96. The molecule has 0 radical (unpaired) electrons. The summed E-state index contributed by atoms with van der Waals surface area (Å²) < 4.78 is 2.97. The molecule has 0 aliphatic rings. The van der Waals surface area contributed by atoms with Crippen LogP contribution in [0.2, 0.25) is 0 Å². The third-order valence-corrected chi connectivity index (χ3v) is 6.06. The Balaban J connectivity index is 1.42. The van der Waals surface area contributed by atoms with Gasteiger partial charge in [-0.2, -0.15) is 0 Å². The van der Waals surface area contributed by atoms with E-state index in [1.165, 1.54) is 22.0 Å². The van der Waals surface area contributed by atoms with Crippen molar-refractivity contribution in [3.63, 3.8) is 0 Å². The SMILES string of the molecule is Cc1ccc2nc(-c3ccc(NC(=O)CSc4nncn4C)cc3)sc2c1. The van der Waals surface area contributed by atoms with Gasteiger partial charge in [0.05, 0.1) is 16.0 Å². The molecule has 0 saturated carbocycles. The highest BCUT2D eigenvalue weighted by Gasteiger charge is 2.09. The van der Waals surface area contributed by atoms with Gasteiger partial charge in [0.2, 0.25) is 5.91 Å². The Hall–Kier alpha value is -2.71. The van der Waals surface area contributed by atoms with E-state index in [0.29, 0.717) is 5.16 Å². The maximum Gasteiger partial charge on any atom is 0.234 e. The molecule has 2 aromatic heterocycles. The zero-order valence-electron chi connectivity index (χ0n) is 14.8. The molecule has 4 rings (SSSR count). The Bertz CT molecular complexity index is 1100. The van der Waals surface area contributed by atoms with Crippen LogP contribution in [0.4, 0.5) is 5.69 Å². The molecule has 0 unspecified atom stereocenters. The lowest BCUT2D eigenvalue weighted by Gasteiger charge is -2.05. The molecule has 136 valence electrons. The van der Waals surface area contributed by atoms with Crippen molar-refractivity contribution in [1.82, 2.24) is 19.7 Å². The van der Waals surface area contributed by atoms with Gasteiger partial charge in [0.1, 0.15) is 11.3 Å². The van der Waals surface area contributed by atoms with Gasteiger partial charge in [-0.1, -0.05) is 17.8 Å². The second kappa shape index (κ2) is 7.50. The van der Waals surface area contributed by atoms with E-state index < -0.39 is 0 Å². The molecular weight excluding hydrogens is 378 g/mol. The number of rotatable bonds is 5. The van der Waals surface area contributed by atoms with E-state index in [2.05, 4.69) is 34.6 Å². The second-order valence-electron chi connectivity index (χ2n) is 6.13. The lowest BCUT2D eigenvalue weighted by atomic mass is 10.2. The van der Waals surface area contributed by atoms with Gasteiger partial charge >= 0.3 is 0 Å². The van der Waals surface area contributed by atoms with E-state index >= 15 is 0 Å². The average molecular weight is 396 g/mol. The van der Waals surface area contributed by atoms with Crippen molar-refractivity contribution in [2.75, 3.05) is 11.1 Å². The minimum Gasteiger partial charge on any atom is -0.325 e. The molecule has 0 bridgehead atoms. The van der Waals surface area contributed by atoms with Gasteiger partial charge < -0.3 is 9.88 Å². The van der Waals surface area contributed by atoms with Crippen LogP contribution in [-0.4, -0.2) is 31.4 Å². The van der Waals surface area contributed by atoms with Crippen molar-refractivity contribution in [2.24, 2.45) is 7.05 Å². The standard InChI is InChI=1S/C19H17N5OS2/c1-12-3-8-15-16(9-12)27-18(22-15)13-4-6-14(7-5-13)21-17(25)10-26-19-23-20-11-24(19)2/h3-9,11H,10H2,1-2H3,(H,21,25). The third kappa shape index (κ3) is 4.01. The normalized spacial score (nSPS) is 11.0. The summed E-state index contributed by atoms with van der Waals surface area (Å²) in [5.74, 6) is 0.206. The van der Waals surface area contributed by atoms with Crippen LogP contribution in [0.1, 0.15) is 5.56 Å². The van der Waals surface area contributed by atoms with Gasteiger partial charge in [-0.05, 0) is 48.9 Å². The van der Waals surface area contributed by atoms with Crippen LogP contribution in [-0.2, 0) is 11.8 Å². The van der Waals surface area contributed by atoms with Gasteiger partial charge in [-0.25, -0.2) is 4.98 Å². The molecule has 1 amide bonds. The molecule has 0 aliphatic heterocycles. The number of hydrogen-bond acceptors (Lipinski definition) is 6. The largest absolute Gasteiger partial charge is 0.325 e. The van der Waals surface area contributed by atoms with E-state index in [1.54, 1.807) is 22.2 Å². The summed E-state index contributed by atoms with van der Waals surface area (Å²) in [6.45, 7) is 2.08. The Morgan fingerprint density at radius 1 is 1.22 bits per heavy atom. The number of thiazole rings is 1. The van der Waals surface area contributed by atoms with Crippen LogP contribution in [0.5, 0.6) is 0 Å². The Morgan fingerprint density at radius 2 is 2.04 bits per heavy atom. The number of thioether (sulfide) groups is 1. The summed E-state index contributed by atoms with van der Waals surface area (Å²) in [5, 5.41) is 12.3. The first kappa shape index (κ1) is 17.7. The topological polar surface area (TPSA) is 72.7 Å². The number of benzene rings is 2. The highest BCUT2D eigenvalue weighted by molar-refractivity contribution is 7.99. The predicted molar refractivity (Wildman–Crippen MR) is 110 cm³/mol. The fraction of sp³-hybridized carbons (Fsp3) is 0.158. The molecule has 0 aliphatic carbocycles. The molecule has 0 atom stereocenters. The van der Waals surface area contributed by atoms with Gasteiger partial charge in [0.15, 0.2) is 5.16 Å². The maximum absolute atomic E-state index is 12.1. The number of carbonyl (C=O) groups is 1. The van der Waals surface area contributed by atoms with E-state index in [4.69, 9.17) is 4.98 Å². The highest BCUT2D eigenvalue weighted by atomic mass is 32.2. The number of nitrogens with one attached hydrogen (secondary N) is 1. The Kier molecular flexibility index (Phi) is 4.91. The maximum atomic E-state index is 12.1. The number of hydrogen-bond donors (Lipinski definition) is 1. The molecule has 0 saturated heterocycles. The first-order valence-electron chi connectivity index (χ1n) is 8.33. The molecule has 0 spiro atoms. The van der Waals surface area contributed by atoms with Gasteiger partial charge in [0.25, 0.3) is 0 Å². The summed E-state index contributed by atoms with van der Waals surface area (Å²) in [4.78, 5) is 16.8. The fourth-order valence-corrected chi connectivity index (χ4v) is 4.34. The molecule has 1 N–H and O–H groups in total. The molecule has 6 nitrogen and oxygen atoms in total. The van der Waals surface area contributed by atoms with E-state index in [-0.39, 0.29) is 11.7 Å². The average Bonchev–Trinajstić information content (AvgIpc) is 3.26. The van der Waals surface area contributed by atoms with E-state index in [1.807, 2.05) is 37.4 Å². The molecule has 4 aromatic rings. The number of carbonyl (C=O) groups excluding carboxylic acids is 1. The van der Waals surface area contributed by atoms with Crippen LogP contribution >= 0.6 is 23.1 Å². The van der Waals surface area contributed by atoms with E-state index in [0.717, 1.165) is 21.8 Å². The first-order valence-corrected chi connectivity index (χ1v) is 10.1.